The summed E-state index contributed by atoms with van der Waals surface area (Å²) in [5.41, 5.74) is 1.44. The molecule has 0 saturated heterocycles. The van der Waals surface area contributed by atoms with Gasteiger partial charge in [0.25, 0.3) is 0 Å². The summed E-state index contributed by atoms with van der Waals surface area (Å²) < 4.78 is 0.993. The minimum Gasteiger partial charge on any atom is -0.507 e. The molecule has 0 atom stereocenters. The Morgan fingerprint density at radius 3 is 2.48 bits per heavy atom. The summed E-state index contributed by atoms with van der Waals surface area (Å²) in [7, 11) is 0. The molecule has 0 bridgehead atoms. The normalized spacial score (nSPS) is 10.6. The maximum Gasteiger partial charge on any atom is 0.240 e. The maximum absolute atomic E-state index is 10.0. The van der Waals surface area contributed by atoms with Crippen LogP contribution in [0.2, 0.25) is 0 Å². The fraction of sp³-hybridized carbons (Fsp3) is 0. The van der Waals surface area contributed by atoms with Gasteiger partial charge in [-0.05, 0) is 35.9 Å². The number of rotatable bonds is 4. The lowest BCUT2D eigenvalue weighted by Gasteiger charge is -2.05. The number of para-hydroxylation sites is 1. The highest BCUT2D eigenvalue weighted by Gasteiger charge is 2.10. The van der Waals surface area contributed by atoms with Crippen LogP contribution in [0.5, 0.6) is 5.75 Å². The molecule has 0 aliphatic carbocycles. The van der Waals surface area contributed by atoms with E-state index in [0.717, 1.165) is 10.0 Å². The lowest BCUT2D eigenvalue weighted by Crippen LogP contribution is -2.02. The monoisotopic (exact) mass is 393 g/mol. The standard InChI is InChI=1S/C18H12BrN5O/c19-13-8-5-12(6-9-13)7-10-16-22-17(24-18(23-16)21-11-20)14-3-1-2-4-15(14)25/h1-10,25H,(H,21,22,23,24). The number of anilines is 1. The molecule has 3 aromatic rings. The van der Waals surface area contributed by atoms with Crippen LogP contribution in [0.3, 0.4) is 0 Å². The van der Waals surface area contributed by atoms with Crippen molar-refractivity contribution in [3.8, 4) is 23.3 Å². The molecule has 0 unspecified atom stereocenters. The van der Waals surface area contributed by atoms with Gasteiger partial charge < -0.3 is 5.11 Å². The zero-order valence-electron chi connectivity index (χ0n) is 12.9. The van der Waals surface area contributed by atoms with Crippen LogP contribution in [0.15, 0.2) is 53.0 Å². The Kier molecular flexibility index (Phi) is 5.02. The highest BCUT2D eigenvalue weighted by Crippen LogP contribution is 2.26. The molecule has 0 radical (unpaired) electrons. The molecule has 0 fully saturated rings. The third-order valence-corrected chi connectivity index (χ3v) is 3.79. The Bertz CT molecular complexity index is 964. The highest BCUT2D eigenvalue weighted by molar-refractivity contribution is 9.10. The second kappa shape index (κ2) is 7.55. The van der Waals surface area contributed by atoms with Crippen molar-refractivity contribution >= 4 is 34.0 Å². The van der Waals surface area contributed by atoms with E-state index < -0.39 is 0 Å². The molecule has 1 heterocycles. The average molecular weight is 394 g/mol. The number of halogens is 1. The Labute approximate surface area is 152 Å². The van der Waals surface area contributed by atoms with Crippen LogP contribution in [0.1, 0.15) is 11.4 Å². The molecule has 7 heteroatoms. The van der Waals surface area contributed by atoms with Gasteiger partial charge in [-0.15, -0.1) is 0 Å². The Morgan fingerprint density at radius 2 is 1.76 bits per heavy atom. The molecule has 6 nitrogen and oxygen atoms in total. The van der Waals surface area contributed by atoms with Crippen LogP contribution in [0.4, 0.5) is 5.95 Å². The minimum absolute atomic E-state index is 0.0550. The fourth-order valence-corrected chi connectivity index (χ4v) is 2.36. The summed E-state index contributed by atoms with van der Waals surface area (Å²) in [6, 6.07) is 14.5. The van der Waals surface area contributed by atoms with E-state index in [9.17, 15) is 5.11 Å². The van der Waals surface area contributed by atoms with Crippen molar-refractivity contribution < 1.29 is 5.11 Å². The van der Waals surface area contributed by atoms with E-state index in [4.69, 9.17) is 5.26 Å². The first-order valence-corrected chi connectivity index (χ1v) is 8.08. The van der Waals surface area contributed by atoms with Crippen LogP contribution in [0, 0.1) is 11.5 Å². The Hall–Kier alpha value is -3.24. The molecule has 0 saturated carbocycles. The molecular formula is C18H12BrN5O. The summed E-state index contributed by atoms with van der Waals surface area (Å²) in [4.78, 5) is 12.7. The fourth-order valence-electron chi connectivity index (χ4n) is 2.10. The molecule has 122 valence electrons. The largest absolute Gasteiger partial charge is 0.507 e. The number of benzene rings is 2. The number of aromatic nitrogens is 3. The molecular weight excluding hydrogens is 382 g/mol. The summed E-state index contributed by atoms with van der Waals surface area (Å²) >= 11 is 3.39. The molecule has 0 aliphatic rings. The van der Waals surface area contributed by atoms with Crippen molar-refractivity contribution in [2.75, 3.05) is 5.32 Å². The van der Waals surface area contributed by atoms with Crippen molar-refractivity contribution in [1.29, 1.82) is 5.26 Å². The number of hydrogen-bond acceptors (Lipinski definition) is 6. The van der Waals surface area contributed by atoms with Gasteiger partial charge in [0.15, 0.2) is 17.8 Å². The lowest BCUT2D eigenvalue weighted by molar-refractivity contribution is 0.477. The van der Waals surface area contributed by atoms with Gasteiger partial charge in [0.05, 0.1) is 5.56 Å². The predicted molar refractivity (Wildman–Crippen MR) is 99.2 cm³/mol. The van der Waals surface area contributed by atoms with Crippen molar-refractivity contribution in [3.05, 3.63) is 64.4 Å². The molecule has 3 rings (SSSR count). The quantitative estimate of drug-likeness (QED) is 0.512. The topological polar surface area (TPSA) is 94.7 Å². The van der Waals surface area contributed by atoms with Gasteiger partial charge in [-0.25, -0.2) is 4.98 Å². The van der Waals surface area contributed by atoms with Crippen molar-refractivity contribution in [3.63, 3.8) is 0 Å². The van der Waals surface area contributed by atoms with Crippen molar-refractivity contribution in [2.45, 2.75) is 0 Å². The van der Waals surface area contributed by atoms with E-state index in [2.05, 4.69) is 36.2 Å². The SMILES string of the molecule is N#CNc1nc(C=Cc2ccc(Br)cc2)nc(-c2ccccc2O)n1. The molecule has 1 aromatic heterocycles. The minimum atomic E-state index is 0.0550. The van der Waals surface area contributed by atoms with E-state index >= 15 is 0 Å². The van der Waals surface area contributed by atoms with E-state index in [1.165, 1.54) is 0 Å². The maximum atomic E-state index is 10.0. The van der Waals surface area contributed by atoms with E-state index in [-0.39, 0.29) is 17.5 Å². The predicted octanol–water partition coefficient (Wildman–Crippen LogP) is 4.07. The van der Waals surface area contributed by atoms with Crippen LogP contribution in [0.25, 0.3) is 23.5 Å². The van der Waals surface area contributed by atoms with Gasteiger partial charge in [-0.2, -0.15) is 15.2 Å². The van der Waals surface area contributed by atoms with Crippen molar-refractivity contribution in [1.82, 2.24) is 15.0 Å². The molecule has 2 N–H and O–H groups in total. The number of phenols is 1. The van der Waals surface area contributed by atoms with E-state index in [0.29, 0.717) is 11.4 Å². The molecule has 2 aromatic carbocycles. The first kappa shape index (κ1) is 16.6. The number of hydrogen-bond donors (Lipinski definition) is 2. The van der Waals surface area contributed by atoms with Gasteiger partial charge in [0.2, 0.25) is 5.95 Å². The average Bonchev–Trinajstić information content (AvgIpc) is 2.62. The van der Waals surface area contributed by atoms with Crippen LogP contribution in [-0.2, 0) is 0 Å². The third-order valence-electron chi connectivity index (χ3n) is 3.26. The second-order valence-electron chi connectivity index (χ2n) is 4.98. The number of nitrogens with one attached hydrogen (secondary N) is 1. The van der Waals surface area contributed by atoms with E-state index in [1.54, 1.807) is 36.5 Å². The summed E-state index contributed by atoms with van der Waals surface area (Å²) in [6.07, 6.45) is 5.36. The summed E-state index contributed by atoms with van der Waals surface area (Å²) in [6.45, 7) is 0. The van der Waals surface area contributed by atoms with Gasteiger partial charge in [0, 0.05) is 4.47 Å². The summed E-state index contributed by atoms with van der Waals surface area (Å²) in [5, 5.41) is 21.2. The number of phenolic OH excluding ortho intramolecular Hbond substituents is 1. The highest BCUT2D eigenvalue weighted by atomic mass is 79.9. The molecule has 0 spiro atoms. The van der Waals surface area contributed by atoms with Gasteiger partial charge in [-0.3, -0.25) is 5.32 Å². The number of nitriles is 1. The first-order chi connectivity index (χ1) is 12.2. The van der Waals surface area contributed by atoms with Crippen molar-refractivity contribution in [2.24, 2.45) is 0 Å². The summed E-state index contributed by atoms with van der Waals surface area (Å²) in [5.74, 6) is 0.820. The molecule has 0 amide bonds. The van der Waals surface area contributed by atoms with Crippen LogP contribution in [-0.4, -0.2) is 20.1 Å². The zero-order chi connectivity index (χ0) is 17.6. The molecule has 0 aliphatic heterocycles. The Morgan fingerprint density at radius 1 is 1.00 bits per heavy atom. The van der Waals surface area contributed by atoms with Gasteiger partial charge in [0.1, 0.15) is 5.75 Å². The Balaban J connectivity index is 2.00. The van der Waals surface area contributed by atoms with Crippen LogP contribution < -0.4 is 5.32 Å². The van der Waals surface area contributed by atoms with Gasteiger partial charge >= 0.3 is 0 Å². The smallest absolute Gasteiger partial charge is 0.240 e. The van der Waals surface area contributed by atoms with Gasteiger partial charge in [-0.1, -0.05) is 46.3 Å². The van der Waals surface area contributed by atoms with Crippen LogP contribution >= 0.6 is 15.9 Å². The van der Waals surface area contributed by atoms with E-state index in [1.807, 2.05) is 30.3 Å². The first-order valence-electron chi connectivity index (χ1n) is 7.29. The zero-order valence-corrected chi connectivity index (χ0v) is 14.5. The second-order valence-corrected chi connectivity index (χ2v) is 5.90. The molecule has 25 heavy (non-hydrogen) atoms. The third kappa shape index (κ3) is 4.19. The lowest BCUT2D eigenvalue weighted by atomic mass is 10.2. The number of nitrogens with zero attached hydrogens (tertiary/aromatic N) is 4. The number of aromatic hydroxyl groups is 1.